The number of carbonyl (C=O) groups excluding carboxylic acids is 1. The Morgan fingerprint density at radius 3 is 2.48 bits per heavy atom. The summed E-state index contributed by atoms with van der Waals surface area (Å²) in [5.74, 6) is -0.105. The molecular formula is C24H28BrN3O. The summed E-state index contributed by atoms with van der Waals surface area (Å²) in [7, 11) is 0. The predicted molar refractivity (Wildman–Crippen MR) is 121 cm³/mol. The Morgan fingerprint density at radius 1 is 1.07 bits per heavy atom. The Hall–Kier alpha value is -1.98. The molecule has 2 aliphatic rings. The number of fused-ring (bicyclic) bond motifs is 1. The van der Waals surface area contributed by atoms with Crippen molar-refractivity contribution in [2.24, 2.45) is 5.10 Å². The third-order valence-corrected chi connectivity index (χ3v) is 6.98. The smallest absolute Gasteiger partial charge is 0.264 e. The topological polar surface area (TPSA) is 53.5 Å². The van der Waals surface area contributed by atoms with E-state index in [1.807, 2.05) is 44.2 Å². The minimum absolute atomic E-state index is 0.00313. The molecule has 2 aromatic carbocycles. The van der Waals surface area contributed by atoms with E-state index in [-0.39, 0.29) is 11.4 Å². The number of rotatable bonds is 3. The van der Waals surface area contributed by atoms with E-state index in [4.69, 9.17) is 0 Å². The lowest BCUT2D eigenvalue weighted by molar-refractivity contribution is -0.129. The lowest BCUT2D eigenvalue weighted by Crippen LogP contribution is -2.65. The number of halogens is 1. The van der Waals surface area contributed by atoms with Gasteiger partial charge in [0.2, 0.25) is 0 Å². The van der Waals surface area contributed by atoms with Crippen molar-refractivity contribution in [3.05, 3.63) is 69.7 Å². The molecular weight excluding hydrogens is 426 g/mol. The zero-order valence-corrected chi connectivity index (χ0v) is 18.7. The first-order valence-electron chi connectivity index (χ1n) is 10.4. The van der Waals surface area contributed by atoms with Crippen molar-refractivity contribution in [2.75, 3.05) is 0 Å². The van der Waals surface area contributed by atoms with Gasteiger partial charge >= 0.3 is 0 Å². The zero-order valence-electron chi connectivity index (χ0n) is 17.1. The summed E-state index contributed by atoms with van der Waals surface area (Å²) in [6.45, 7) is 3.91. The largest absolute Gasteiger partial charge is 0.294 e. The Bertz CT molecular complexity index is 931. The lowest BCUT2D eigenvalue weighted by Gasteiger charge is -2.49. The summed E-state index contributed by atoms with van der Waals surface area (Å²) in [5, 5.41) is 8.20. The second-order valence-electron chi connectivity index (χ2n) is 8.57. The molecule has 1 spiro atoms. The normalized spacial score (nSPS) is 23.5. The van der Waals surface area contributed by atoms with Crippen molar-refractivity contribution in [3.63, 3.8) is 0 Å². The third kappa shape index (κ3) is 4.03. The summed E-state index contributed by atoms with van der Waals surface area (Å²) in [6, 6.07) is 16.3. The molecule has 4 nitrogen and oxygen atoms in total. The van der Waals surface area contributed by atoms with Gasteiger partial charge in [0.1, 0.15) is 5.54 Å². The lowest BCUT2D eigenvalue weighted by atomic mass is 9.69. The van der Waals surface area contributed by atoms with Crippen molar-refractivity contribution in [1.82, 2.24) is 10.7 Å². The quantitative estimate of drug-likeness (QED) is 0.504. The summed E-state index contributed by atoms with van der Waals surface area (Å²) in [4.78, 5) is 13.4. The highest BCUT2D eigenvalue weighted by atomic mass is 79.9. The van der Waals surface area contributed by atoms with E-state index in [1.54, 1.807) is 0 Å². The van der Waals surface area contributed by atoms with E-state index in [0.717, 1.165) is 40.6 Å². The van der Waals surface area contributed by atoms with Crippen LogP contribution in [0.5, 0.6) is 0 Å². The summed E-state index contributed by atoms with van der Waals surface area (Å²) >= 11 is 3.45. The molecule has 1 atom stereocenters. The molecule has 1 heterocycles. The summed E-state index contributed by atoms with van der Waals surface area (Å²) in [6.07, 6.45) is 6.94. The Labute approximate surface area is 181 Å². The van der Waals surface area contributed by atoms with E-state index in [2.05, 4.69) is 50.0 Å². The molecule has 0 unspecified atom stereocenters. The van der Waals surface area contributed by atoms with Crippen LogP contribution in [0.25, 0.3) is 0 Å². The first-order chi connectivity index (χ1) is 13.9. The first-order valence-corrected chi connectivity index (χ1v) is 11.2. The molecule has 5 heteroatoms. The molecule has 2 aromatic rings. The van der Waals surface area contributed by atoms with Gasteiger partial charge < -0.3 is 0 Å². The van der Waals surface area contributed by atoms with Crippen LogP contribution in [0.1, 0.15) is 62.6 Å². The maximum atomic E-state index is 13.4. The number of hydrazone groups is 1. The van der Waals surface area contributed by atoms with E-state index < -0.39 is 5.54 Å². The minimum atomic E-state index is -0.796. The molecule has 1 fully saturated rings. The molecule has 0 aromatic heterocycles. The van der Waals surface area contributed by atoms with Gasteiger partial charge in [0.25, 0.3) is 5.91 Å². The third-order valence-electron chi connectivity index (χ3n) is 6.45. The molecule has 2 N–H and O–H groups in total. The number of hydrogen-bond acceptors (Lipinski definition) is 3. The highest BCUT2D eigenvalue weighted by Gasteiger charge is 2.48. The van der Waals surface area contributed by atoms with Crippen LogP contribution >= 0.6 is 15.9 Å². The van der Waals surface area contributed by atoms with E-state index in [9.17, 15) is 4.79 Å². The Kier molecular flexibility index (Phi) is 5.63. The van der Waals surface area contributed by atoms with Crippen LogP contribution in [0.15, 0.2) is 58.1 Å². The average Bonchev–Trinajstić information content (AvgIpc) is 2.72. The standard InChI is InChI=1S/C24H28BrN3O/c1-17(18-10-12-20(25)13-11-18)26-27-22(29)23(2)21-9-5-4-8-19(21)16-24(28-23)14-6-3-7-15-24/h4-5,8-13,28H,3,6-7,14-16H2,1-2H3,(H,27,29)/b26-17-/t23-/m0/s1. The molecule has 0 radical (unpaired) electrons. The van der Waals surface area contributed by atoms with Gasteiger partial charge in [-0.1, -0.05) is 71.6 Å². The van der Waals surface area contributed by atoms with Crippen LogP contribution in [0.3, 0.4) is 0 Å². The number of hydrogen-bond donors (Lipinski definition) is 2. The SMILES string of the molecule is C/C(=N/NC(=O)[C@@]1(C)NC2(CCCCC2)Cc2ccccc21)c1ccc(Br)cc1. The van der Waals surface area contributed by atoms with Gasteiger partial charge in [-0.3, -0.25) is 10.1 Å². The predicted octanol–water partition coefficient (Wildman–Crippen LogP) is 5.05. The van der Waals surface area contributed by atoms with Crippen molar-refractivity contribution in [2.45, 2.75) is 63.5 Å². The fraction of sp³-hybridized carbons (Fsp3) is 0.417. The molecule has 1 aliphatic carbocycles. The Balaban J connectivity index is 1.61. The zero-order chi connectivity index (χ0) is 20.5. The van der Waals surface area contributed by atoms with Gasteiger partial charge in [0, 0.05) is 10.0 Å². The molecule has 152 valence electrons. The minimum Gasteiger partial charge on any atom is -0.294 e. The van der Waals surface area contributed by atoms with Crippen LogP contribution in [-0.2, 0) is 16.8 Å². The fourth-order valence-corrected chi connectivity index (χ4v) is 5.14. The monoisotopic (exact) mass is 453 g/mol. The molecule has 4 rings (SSSR count). The van der Waals surface area contributed by atoms with Crippen molar-refractivity contribution >= 4 is 27.5 Å². The number of amides is 1. The van der Waals surface area contributed by atoms with Gasteiger partial charge in [0.15, 0.2) is 0 Å². The van der Waals surface area contributed by atoms with Gasteiger partial charge in [0.05, 0.1) is 5.71 Å². The maximum Gasteiger partial charge on any atom is 0.264 e. The van der Waals surface area contributed by atoms with Crippen LogP contribution in [0, 0.1) is 0 Å². The van der Waals surface area contributed by atoms with Crippen molar-refractivity contribution in [1.29, 1.82) is 0 Å². The van der Waals surface area contributed by atoms with Crippen LogP contribution in [0.2, 0.25) is 0 Å². The fourth-order valence-electron chi connectivity index (χ4n) is 4.88. The van der Waals surface area contributed by atoms with E-state index >= 15 is 0 Å². The van der Waals surface area contributed by atoms with E-state index in [0.29, 0.717) is 0 Å². The number of carbonyl (C=O) groups is 1. The van der Waals surface area contributed by atoms with Crippen molar-refractivity contribution < 1.29 is 4.79 Å². The number of nitrogens with zero attached hydrogens (tertiary/aromatic N) is 1. The summed E-state index contributed by atoms with van der Waals surface area (Å²) < 4.78 is 1.02. The van der Waals surface area contributed by atoms with E-state index in [1.165, 1.54) is 24.8 Å². The molecule has 1 amide bonds. The van der Waals surface area contributed by atoms with Crippen LogP contribution in [-0.4, -0.2) is 17.2 Å². The second kappa shape index (κ2) is 8.04. The highest BCUT2D eigenvalue weighted by molar-refractivity contribution is 9.10. The maximum absolute atomic E-state index is 13.4. The van der Waals surface area contributed by atoms with Crippen LogP contribution < -0.4 is 10.7 Å². The molecule has 1 aliphatic heterocycles. The highest BCUT2D eigenvalue weighted by Crippen LogP contribution is 2.41. The molecule has 29 heavy (non-hydrogen) atoms. The van der Waals surface area contributed by atoms with Gasteiger partial charge in [-0.2, -0.15) is 5.10 Å². The number of nitrogens with one attached hydrogen (secondary N) is 2. The van der Waals surface area contributed by atoms with Gasteiger partial charge in [-0.15, -0.1) is 0 Å². The first kappa shape index (κ1) is 20.3. The molecule has 1 saturated carbocycles. The second-order valence-corrected chi connectivity index (χ2v) is 9.49. The van der Waals surface area contributed by atoms with Crippen molar-refractivity contribution in [3.8, 4) is 0 Å². The molecule has 0 saturated heterocycles. The number of benzene rings is 2. The molecule has 0 bridgehead atoms. The average molecular weight is 454 g/mol. The van der Waals surface area contributed by atoms with Gasteiger partial charge in [-0.25, -0.2) is 5.43 Å². The van der Waals surface area contributed by atoms with Gasteiger partial charge in [-0.05, 0) is 61.9 Å². The summed E-state index contributed by atoms with van der Waals surface area (Å²) in [5.41, 5.74) is 6.16. The van der Waals surface area contributed by atoms with Crippen LogP contribution in [0.4, 0.5) is 0 Å². The Morgan fingerprint density at radius 2 is 1.76 bits per heavy atom.